The summed E-state index contributed by atoms with van der Waals surface area (Å²) in [5.41, 5.74) is 0. The van der Waals surface area contributed by atoms with Gasteiger partial charge < -0.3 is 10.6 Å². The van der Waals surface area contributed by atoms with Crippen molar-refractivity contribution in [2.24, 2.45) is 11.8 Å². The van der Waals surface area contributed by atoms with Gasteiger partial charge in [0, 0.05) is 12.0 Å². The minimum Gasteiger partial charge on any atom is -0.353 e. The molecule has 1 rings (SSSR count). The van der Waals surface area contributed by atoms with E-state index in [9.17, 15) is 4.79 Å². The fourth-order valence-corrected chi connectivity index (χ4v) is 1.59. The maximum absolute atomic E-state index is 11.8. The van der Waals surface area contributed by atoms with E-state index in [-0.39, 0.29) is 17.9 Å². The number of carbonyl (C=O) groups is 1. The van der Waals surface area contributed by atoms with E-state index in [0.29, 0.717) is 5.92 Å². The highest BCUT2D eigenvalue weighted by atomic mass is 16.1. The van der Waals surface area contributed by atoms with Crippen molar-refractivity contribution in [1.29, 1.82) is 0 Å². The van der Waals surface area contributed by atoms with Crippen LogP contribution in [0.1, 0.15) is 33.6 Å². The van der Waals surface area contributed by atoms with Gasteiger partial charge in [-0.3, -0.25) is 4.79 Å². The third-order valence-corrected chi connectivity index (χ3v) is 3.08. The SMILES string of the molecule is CC(C)C(C)NC(=O)C1CCNCC1. The molecule has 1 heterocycles. The molecule has 1 atom stereocenters. The van der Waals surface area contributed by atoms with Gasteiger partial charge in [-0.05, 0) is 38.8 Å². The molecule has 1 unspecified atom stereocenters. The van der Waals surface area contributed by atoms with Crippen molar-refractivity contribution in [2.45, 2.75) is 39.7 Å². The lowest BCUT2D eigenvalue weighted by Gasteiger charge is -2.25. The highest BCUT2D eigenvalue weighted by Gasteiger charge is 2.22. The van der Waals surface area contributed by atoms with E-state index in [1.165, 1.54) is 0 Å². The van der Waals surface area contributed by atoms with Crippen LogP contribution in [0.3, 0.4) is 0 Å². The molecule has 1 aliphatic rings. The molecule has 14 heavy (non-hydrogen) atoms. The Morgan fingerprint density at radius 1 is 1.29 bits per heavy atom. The van der Waals surface area contributed by atoms with E-state index in [0.717, 1.165) is 25.9 Å². The summed E-state index contributed by atoms with van der Waals surface area (Å²) in [5, 5.41) is 6.35. The second-order valence-electron chi connectivity index (χ2n) is 4.57. The van der Waals surface area contributed by atoms with Gasteiger partial charge >= 0.3 is 0 Å². The van der Waals surface area contributed by atoms with Gasteiger partial charge in [-0.25, -0.2) is 0 Å². The summed E-state index contributed by atoms with van der Waals surface area (Å²) in [4.78, 5) is 11.8. The van der Waals surface area contributed by atoms with Gasteiger partial charge in [0.25, 0.3) is 0 Å². The standard InChI is InChI=1S/C11H22N2O/c1-8(2)9(3)13-11(14)10-4-6-12-7-5-10/h8-10,12H,4-7H2,1-3H3,(H,13,14). The number of nitrogens with one attached hydrogen (secondary N) is 2. The van der Waals surface area contributed by atoms with Crippen LogP contribution in [0.4, 0.5) is 0 Å². The quantitative estimate of drug-likeness (QED) is 0.714. The zero-order chi connectivity index (χ0) is 10.6. The minimum absolute atomic E-state index is 0.234. The van der Waals surface area contributed by atoms with Crippen molar-refractivity contribution in [1.82, 2.24) is 10.6 Å². The third kappa shape index (κ3) is 3.29. The van der Waals surface area contributed by atoms with Gasteiger partial charge in [-0.2, -0.15) is 0 Å². The van der Waals surface area contributed by atoms with Crippen LogP contribution >= 0.6 is 0 Å². The Bertz CT molecular complexity index is 186. The normalized spacial score (nSPS) is 20.9. The molecule has 3 heteroatoms. The minimum atomic E-state index is 0.234. The summed E-state index contributed by atoms with van der Waals surface area (Å²) in [7, 11) is 0. The summed E-state index contributed by atoms with van der Waals surface area (Å²) in [6.45, 7) is 8.30. The predicted octanol–water partition coefficient (Wildman–Crippen LogP) is 1.15. The molecule has 0 aromatic rings. The first kappa shape index (κ1) is 11.5. The largest absolute Gasteiger partial charge is 0.353 e. The van der Waals surface area contributed by atoms with Crippen LogP contribution in [-0.2, 0) is 4.79 Å². The van der Waals surface area contributed by atoms with Crippen LogP contribution in [0.15, 0.2) is 0 Å². The maximum atomic E-state index is 11.8. The zero-order valence-electron chi connectivity index (χ0n) is 9.47. The molecule has 82 valence electrons. The van der Waals surface area contributed by atoms with Crippen molar-refractivity contribution in [3.05, 3.63) is 0 Å². The Labute approximate surface area is 86.6 Å². The number of piperidine rings is 1. The molecule has 0 bridgehead atoms. The first-order valence-electron chi connectivity index (χ1n) is 5.62. The van der Waals surface area contributed by atoms with Crippen LogP contribution in [0.25, 0.3) is 0 Å². The molecule has 0 saturated carbocycles. The number of rotatable bonds is 3. The number of hydrogen-bond donors (Lipinski definition) is 2. The molecule has 1 aliphatic heterocycles. The van der Waals surface area contributed by atoms with Gasteiger partial charge in [-0.1, -0.05) is 13.8 Å². The van der Waals surface area contributed by atoms with Crippen molar-refractivity contribution < 1.29 is 4.79 Å². The zero-order valence-corrected chi connectivity index (χ0v) is 9.47. The summed E-state index contributed by atoms with van der Waals surface area (Å²) >= 11 is 0. The van der Waals surface area contributed by atoms with E-state index < -0.39 is 0 Å². The maximum Gasteiger partial charge on any atom is 0.223 e. The summed E-state index contributed by atoms with van der Waals surface area (Å²) in [6.07, 6.45) is 1.97. The summed E-state index contributed by atoms with van der Waals surface area (Å²) in [6, 6.07) is 0.289. The van der Waals surface area contributed by atoms with Gasteiger partial charge in [0.05, 0.1) is 0 Å². The molecule has 0 aromatic heterocycles. The van der Waals surface area contributed by atoms with Crippen LogP contribution in [0.2, 0.25) is 0 Å². The van der Waals surface area contributed by atoms with Gasteiger partial charge in [0.1, 0.15) is 0 Å². The van der Waals surface area contributed by atoms with Crippen LogP contribution in [-0.4, -0.2) is 25.0 Å². The lowest BCUT2D eigenvalue weighted by atomic mass is 9.96. The van der Waals surface area contributed by atoms with E-state index in [2.05, 4.69) is 31.4 Å². The number of hydrogen-bond acceptors (Lipinski definition) is 2. The third-order valence-electron chi connectivity index (χ3n) is 3.08. The van der Waals surface area contributed by atoms with E-state index >= 15 is 0 Å². The van der Waals surface area contributed by atoms with E-state index in [1.807, 2.05) is 0 Å². The summed E-state index contributed by atoms with van der Waals surface area (Å²) in [5.74, 6) is 0.991. The number of amides is 1. The molecule has 0 aromatic carbocycles. The fourth-order valence-electron chi connectivity index (χ4n) is 1.59. The van der Waals surface area contributed by atoms with Crippen molar-refractivity contribution in [3.8, 4) is 0 Å². The molecule has 1 amide bonds. The van der Waals surface area contributed by atoms with Crippen LogP contribution in [0, 0.1) is 11.8 Å². The van der Waals surface area contributed by atoms with Crippen molar-refractivity contribution in [2.75, 3.05) is 13.1 Å². The van der Waals surface area contributed by atoms with E-state index in [4.69, 9.17) is 0 Å². The second-order valence-corrected chi connectivity index (χ2v) is 4.57. The Balaban J connectivity index is 2.33. The molecule has 2 N–H and O–H groups in total. The Morgan fingerprint density at radius 3 is 2.36 bits per heavy atom. The van der Waals surface area contributed by atoms with Gasteiger partial charge in [0.15, 0.2) is 0 Å². The molecular formula is C11H22N2O. The molecule has 0 aliphatic carbocycles. The molecule has 3 nitrogen and oxygen atoms in total. The molecule has 1 saturated heterocycles. The average molecular weight is 198 g/mol. The van der Waals surface area contributed by atoms with Crippen molar-refractivity contribution in [3.63, 3.8) is 0 Å². The summed E-state index contributed by atoms with van der Waals surface area (Å²) < 4.78 is 0. The smallest absolute Gasteiger partial charge is 0.223 e. The number of carbonyl (C=O) groups excluding carboxylic acids is 1. The van der Waals surface area contributed by atoms with Crippen LogP contribution in [0.5, 0.6) is 0 Å². The lowest BCUT2D eigenvalue weighted by molar-refractivity contribution is -0.126. The first-order chi connectivity index (χ1) is 6.61. The second kappa shape index (κ2) is 5.35. The van der Waals surface area contributed by atoms with Gasteiger partial charge in [-0.15, -0.1) is 0 Å². The Hall–Kier alpha value is -0.570. The molecule has 1 fully saturated rings. The lowest BCUT2D eigenvalue weighted by Crippen LogP contribution is -2.43. The Kier molecular flexibility index (Phi) is 4.39. The van der Waals surface area contributed by atoms with Gasteiger partial charge in [0.2, 0.25) is 5.91 Å². The highest BCUT2D eigenvalue weighted by molar-refractivity contribution is 5.79. The van der Waals surface area contributed by atoms with Crippen molar-refractivity contribution >= 4 is 5.91 Å². The topological polar surface area (TPSA) is 41.1 Å². The monoisotopic (exact) mass is 198 g/mol. The molecular weight excluding hydrogens is 176 g/mol. The predicted molar refractivity (Wildman–Crippen MR) is 58.0 cm³/mol. The fraction of sp³-hybridized carbons (Fsp3) is 0.909. The molecule has 0 spiro atoms. The molecule has 0 radical (unpaired) electrons. The highest BCUT2D eigenvalue weighted by Crippen LogP contribution is 2.12. The Morgan fingerprint density at radius 2 is 1.86 bits per heavy atom. The van der Waals surface area contributed by atoms with Crippen LogP contribution < -0.4 is 10.6 Å². The first-order valence-corrected chi connectivity index (χ1v) is 5.62. The average Bonchev–Trinajstić information content (AvgIpc) is 2.19. The van der Waals surface area contributed by atoms with E-state index in [1.54, 1.807) is 0 Å².